The molecule has 1 aromatic heterocycles. The van der Waals surface area contributed by atoms with Gasteiger partial charge in [-0.2, -0.15) is 0 Å². The van der Waals surface area contributed by atoms with Gasteiger partial charge in [-0.3, -0.25) is 9.59 Å². The summed E-state index contributed by atoms with van der Waals surface area (Å²) < 4.78 is 6.16. The predicted octanol–water partition coefficient (Wildman–Crippen LogP) is 1.72. The molecule has 7 heteroatoms. The monoisotopic (exact) mass is 393 g/mol. The van der Waals surface area contributed by atoms with Gasteiger partial charge in [0.2, 0.25) is 5.91 Å². The van der Waals surface area contributed by atoms with Crippen LogP contribution in [0.15, 0.2) is 45.8 Å². The number of amides is 1. The van der Waals surface area contributed by atoms with Gasteiger partial charge in [0.1, 0.15) is 16.8 Å². The van der Waals surface area contributed by atoms with Crippen LogP contribution in [-0.2, 0) is 17.8 Å². The molecule has 4 N–H and O–H groups in total. The maximum absolute atomic E-state index is 11.8. The lowest BCUT2D eigenvalue weighted by molar-refractivity contribution is -0.121. The van der Waals surface area contributed by atoms with Gasteiger partial charge in [-0.05, 0) is 27.9 Å². The Morgan fingerprint density at radius 1 is 1.29 bits per heavy atom. The Labute approximate surface area is 148 Å². The van der Waals surface area contributed by atoms with Crippen molar-refractivity contribution in [2.24, 2.45) is 5.73 Å². The van der Waals surface area contributed by atoms with E-state index in [1.807, 2.05) is 30.3 Å². The van der Waals surface area contributed by atoms with Crippen molar-refractivity contribution in [3.8, 4) is 5.75 Å². The highest BCUT2D eigenvalue weighted by atomic mass is 79.9. The first-order valence-electron chi connectivity index (χ1n) is 7.65. The molecule has 0 bridgehead atoms. The average molecular weight is 394 g/mol. The first kappa shape index (κ1) is 18.2. The summed E-state index contributed by atoms with van der Waals surface area (Å²) in [7, 11) is 0. The zero-order chi connectivity index (χ0) is 17.4. The molecule has 2 aromatic rings. The molecule has 1 amide bonds. The maximum atomic E-state index is 11.8. The first-order chi connectivity index (χ1) is 11.6. The number of nitrogens with one attached hydrogen (secondary N) is 2. The Hall–Kier alpha value is -2.12. The summed E-state index contributed by atoms with van der Waals surface area (Å²) in [6, 6.07) is 9.67. The van der Waals surface area contributed by atoms with E-state index in [2.05, 4.69) is 26.2 Å². The molecule has 6 nitrogen and oxygen atoms in total. The highest BCUT2D eigenvalue weighted by Gasteiger charge is 2.13. The van der Waals surface area contributed by atoms with Crippen LogP contribution in [-0.4, -0.2) is 24.0 Å². The average Bonchev–Trinajstić information content (AvgIpc) is 2.61. The number of nitrogens with two attached hydrogens (primary N) is 1. The maximum Gasteiger partial charge on any atom is 0.266 e. The molecule has 2 rings (SSSR count). The van der Waals surface area contributed by atoms with Crippen molar-refractivity contribution < 1.29 is 9.53 Å². The van der Waals surface area contributed by atoms with Crippen LogP contribution in [0.2, 0.25) is 0 Å². The van der Waals surface area contributed by atoms with Crippen LogP contribution in [0.3, 0.4) is 0 Å². The van der Waals surface area contributed by atoms with E-state index in [-0.39, 0.29) is 11.5 Å². The van der Waals surface area contributed by atoms with Crippen molar-refractivity contribution in [3.63, 3.8) is 0 Å². The summed E-state index contributed by atoms with van der Waals surface area (Å²) in [4.78, 5) is 26.2. The number of hydrogen-bond donors (Lipinski definition) is 3. The topological polar surface area (TPSA) is 97.2 Å². The van der Waals surface area contributed by atoms with E-state index in [4.69, 9.17) is 10.5 Å². The highest BCUT2D eigenvalue weighted by molar-refractivity contribution is 9.10. The summed E-state index contributed by atoms with van der Waals surface area (Å²) in [5.41, 5.74) is 6.85. The summed E-state index contributed by atoms with van der Waals surface area (Å²) in [5, 5.41) is 2.72. The third-order valence-electron chi connectivity index (χ3n) is 3.38. The summed E-state index contributed by atoms with van der Waals surface area (Å²) >= 11 is 3.27. The van der Waals surface area contributed by atoms with Crippen LogP contribution in [0.25, 0.3) is 0 Å². The molecule has 24 heavy (non-hydrogen) atoms. The number of aromatic amines is 1. The van der Waals surface area contributed by atoms with Gasteiger partial charge in [0.15, 0.2) is 0 Å². The smallest absolute Gasteiger partial charge is 0.266 e. The largest absolute Gasteiger partial charge is 0.487 e. The fourth-order valence-corrected chi connectivity index (χ4v) is 2.63. The van der Waals surface area contributed by atoms with Crippen molar-refractivity contribution in [1.82, 2.24) is 10.3 Å². The lowest BCUT2D eigenvalue weighted by Gasteiger charge is -2.13. The van der Waals surface area contributed by atoms with E-state index in [1.54, 1.807) is 6.20 Å². The molecule has 0 fully saturated rings. The fraction of sp³-hybridized carbons (Fsp3) is 0.294. The normalized spacial score (nSPS) is 10.4. The van der Waals surface area contributed by atoms with E-state index in [0.29, 0.717) is 42.8 Å². The third kappa shape index (κ3) is 5.21. The SMILES string of the molecule is NCCNC(=O)CCc1c[nH]c(=O)c(Br)c1OCc1ccccc1. The summed E-state index contributed by atoms with van der Waals surface area (Å²) in [6.07, 6.45) is 2.33. The molecule has 0 aliphatic carbocycles. The fourth-order valence-electron chi connectivity index (χ4n) is 2.15. The van der Waals surface area contributed by atoms with E-state index >= 15 is 0 Å². The van der Waals surface area contributed by atoms with Gasteiger partial charge in [-0.1, -0.05) is 30.3 Å². The number of aromatic nitrogens is 1. The van der Waals surface area contributed by atoms with E-state index in [0.717, 1.165) is 11.1 Å². The van der Waals surface area contributed by atoms with Crippen LogP contribution in [0.5, 0.6) is 5.75 Å². The first-order valence-corrected chi connectivity index (χ1v) is 8.44. The molecule has 0 saturated heterocycles. The number of rotatable bonds is 8. The van der Waals surface area contributed by atoms with Crippen molar-refractivity contribution in [1.29, 1.82) is 0 Å². The molecule has 0 radical (unpaired) electrons. The third-order valence-corrected chi connectivity index (χ3v) is 4.10. The standard InChI is InChI=1S/C17H20BrN3O3/c18-15-16(24-11-12-4-2-1-3-5-12)13(10-21-17(15)23)6-7-14(22)20-9-8-19/h1-5,10H,6-9,11,19H2,(H,20,22)(H,21,23). The van der Waals surface area contributed by atoms with Gasteiger partial charge >= 0.3 is 0 Å². The van der Waals surface area contributed by atoms with Crippen molar-refractivity contribution in [3.05, 3.63) is 62.5 Å². The summed E-state index contributed by atoms with van der Waals surface area (Å²) in [6.45, 7) is 1.20. The van der Waals surface area contributed by atoms with Crippen LogP contribution in [0.1, 0.15) is 17.5 Å². The number of hydrogen-bond acceptors (Lipinski definition) is 4. The van der Waals surface area contributed by atoms with Crippen molar-refractivity contribution in [2.75, 3.05) is 13.1 Å². The van der Waals surface area contributed by atoms with Gasteiger partial charge in [0.05, 0.1) is 0 Å². The molecule has 0 spiro atoms. The summed E-state index contributed by atoms with van der Waals surface area (Å²) in [5.74, 6) is 0.381. The molecule has 0 aliphatic rings. The molecular weight excluding hydrogens is 374 g/mol. The lowest BCUT2D eigenvalue weighted by atomic mass is 10.1. The molecule has 0 unspecified atom stereocenters. The van der Waals surface area contributed by atoms with Gasteiger partial charge in [-0.15, -0.1) is 0 Å². The Kier molecular flexibility index (Phi) is 7.02. The van der Waals surface area contributed by atoms with Crippen LogP contribution >= 0.6 is 15.9 Å². The second kappa shape index (κ2) is 9.24. The zero-order valence-corrected chi connectivity index (χ0v) is 14.8. The predicted molar refractivity (Wildman–Crippen MR) is 95.9 cm³/mol. The number of pyridine rings is 1. The number of halogens is 1. The minimum atomic E-state index is -0.269. The van der Waals surface area contributed by atoms with Crippen LogP contribution in [0.4, 0.5) is 0 Å². The number of H-pyrrole nitrogens is 1. The number of ether oxygens (including phenoxy) is 1. The van der Waals surface area contributed by atoms with Crippen molar-refractivity contribution >= 4 is 21.8 Å². The molecule has 0 saturated carbocycles. The minimum Gasteiger partial charge on any atom is -0.487 e. The number of benzene rings is 1. The van der Waals surface area contributed by atoms with Gasteiger partial charge in [-0.25, -0.2) is 0 Å². The van der Waals surface area contributed by atoms with Crippen LogP contribution in [0, 0.1) is 0 Å². The second-order valence-corrected chi connectivity index (χ2v) is 5.99. The number of carbonyl (C=O) groups excluding carboxylic acids is 1. The van der Waals surface area contributed by atoms with Gasteiger partial charge in [0.25, 0.3) is 5.56 Å². The quantitative estimate of drug-likeness (QED) is 0.635. The molecule has 1 heterocycles. The Morgan fingerprint density at radius 2 is 2.04 bits per heavy atom. The Morgan fingerprint density at radius 3 is 2.75 bits per heavy atom. The zero-order valence-electron chi connectivity index (χ0n) is 13.2. The van der Waals surface area contributed by atoms with E-state index in [9.17, 15) is 9.59 Å². The van der Waals surface area contributed by atoms with Gasteiger partial charge in [0, 0.05) is 31.3 Å². The molecule has 1 aromatic carbocycles. The van der Waals surface area contributed by atoms with Crippen molar-refractivity contribution in [2.45, 2.75) is 19.4 Å². The van der Waals surface area contributed by atoms with Gasteiger partial charge < -0.3 is 20.8 Å². The molecule has 0 aliphatic heterocycles. The van der Waals surface area contributed by atoms with Crippen LogP contribution < -0.4 is 21.3 Å². The Bertz CT molecular complexity index is 732. The number of carbonyl (C=O) groups is 1. The highest BCUT2D eigenvalue weighted by Crippen LogP contribution is 2.27. The molecule has 128 valence electrons. The number of aryl methyl sites for hydroxylation is 1. The Balaban J connectivity index is 2.09. The molecular formula is C17H20BrN3O3. The van der Waals surface area contributed by atoms with E-state index in [1.165, 1.54) is 0 Å². The lowest BCUT2D eigenvalue weighted by Crippen LogP contribution is -2.29. The second-order valence-electron chi connectivity index (χ2n) is 5.20. The van der Waals surface area contributed by atoms with E-state index < -0.39 is 0 Å². The minimum absolute atomic E-state index is 0.0863. The molecule has 0 atom stereocenters.